The van der Waals surface area contributed by atoms with Crippen molar-refractivity contribution in [3.63, 3.8) is 0 Å². The number of aromatic nitrogens is 1. The maximum atomic E-state index is 5.50. The Labute approximate surface area is 79.5 Å². The van der Waals surface area contributed by atoms with Crippen molar-refractivity contribution in [2.75, 3.05) is 6.54 Å². The van der Waals surface area contributed by atoms with Crippen molar-refractivity contribution in [2.45, 2.75) is 20.3 Å². The van der Waals surface area contributed by atoms with Crippen LogP contribution in [0, 0.1) is 0 Å². The van der Waals surface area contributed by atoms with Gasteiger partial charge in [-0.1, -0.05) is 11.6 Å². The fourth-order valence-electron chi connectivity index (χ4n) is 1.23. The molecule has 0 bridgehead atoms. The SMILES string of the molecule is CC(CCN)=C(C)c1cccnc1. The van der Waals surface area contributed by atoms with Crippen molar-refractivity contribution < 1.29 is 0 Å². The highest BCUT2D eigenvalue weighted by Gasteiger charge is 1.98. The molecule has 0 radical (unpaired) electrons. The molecule has 0 aromatic carbocycles. The van der Waals surface area contributed by atoms with E-state index in [-0.39, 0.29) is 0 Å². The van der Waals surface area contributed by atoms with Gasteiger partial charge in [-0.05, 0) is 44.0 Å². The zero-order chi connectivity index (χ0) is 9.68. The van der Waals surface area contributed by atoms with E-state index in [1.165, 1.54) is 16.7 Å². The van der Waals surface area contributed by atoms with Gasteiger partial charge in [0, 0.05) is 12.4 Å². The molecule has 0 atom stereocenters. The number of hydrogen-bond acceptors (Lipinski definition) is 2. The van der Waals surface area contributed by atoms with Gasteiger partial charge in [0.25, 0.3) is 0 Å². The summed E-state index contributed by atoms with van der Waals surface area (Å²) in [7, 11) is 0. The lowest BCUT2D eigenvalue weighted by Crippen LogP contribution is -1.99. The van der Waals surface area contributed by atoms with Gasteiger partial charge >= 0.3 is 0 Å². The summed E-state index contributed by atoms with van der Waals surface area (Å²) >= 11 is 0. The van der Waals surface area contributed by atoms with Crippen molar-refractivity contribution in [2.24, 2.45) is 5.73 Å². The Morgan fingerprint density at radius 1 is 1.46 bits per heavy atom. The van der Waals surface area contributed by atoms with E-state index in [1.807, 2.05) is 12.3 Å². The first-order valence-electron chi connectivity index (χ1n) is 4.52. The van der Waals surface area contributed by atoms with Gasteiger partial charge < -0.3 is 5.73 Å². The zero-order valence-corrected chi connectivity index (χ0v) is 8.25. The first kappa shape index (κ1) is 9.93. The second-order valence-corrected chi connectivity index (χ2v) is 3.19. The van der Waals surface area contributed by atoms with E-state index < -0.39 is 0 Å². The molecule has 0 unspecified atom stereocenters. The predicted molar refractivity (Wildman–Crippen MR) is 56.2 cm³/mol. The number of hydrogen-bond donors (Lipinski definition) is 1. The van der Waals surface area contributed by atoms with Gasteiger partial charge in [0.15, 0.2) is 0 Å². The van der Waals surface area contributed by atoms with Crippen molar-refractivity contribution >= 4 is 5.57 Å². The zero-order valence-electron chi connectivity index (χ0n) is 8.25. The second-order valence-electron chi connectivity index (χ2n) is 3.19. The molecule has 0 saturated heterocycles. The van der Waals surface area contributed by atoms with Gasteiger partial charge in [0.2, 0.25) is 0 Å². The predicted octanol–water partition coefficient (Wildman–Crippen LogP) is 2.22. The highest BCUT2D eigenvalue weighted by atomic mass is 14.6. The number of nitrogens with zero attached hydrogens (tertiary/aromatic N) is 1. The molecule has 0 amide bonds. The van der Waals surface area contributed by atoms with Crippen LogP contribution >= 0.6 is 0 Å². The minimum absolute atomic E-state index is 0.712. The van der Waals surface area contributed by atoms with Crippen LogP contribution in [0.25, 0.3) is 5.57 Å². The molecule has 0 aliphatic heterocycles. The summed E-state index contributed by atoms with van der Waals surface area (Å²) in [6, 6.07) is 4.02. The lowest BCUT2D eigenvalue weighted by molar-refractivity contribution is 0.951. The Hall–Kier alpha value is -1.15. The van der Waals surface area contributed by atoms with Crippen LogP contribution in [0.5, 0.6) is 0 Å². The minimum atomic E-state index is 0.712. The summed E-state index contributed by atoms with van der Waals surface area (Å²) in [5.74, 6) is 0. The largest absolute Gasteiger partial charge is 0.330 e. The maximum absolute atomic E-state index is 5.50. The first-order chi connectivity index (χ1) is 6.25. The first-order valence-corrected chi connectivity index (χ1v) is 4.52. The number of nitrogens with two attached hydrogens (primary N) is 1. The summed E-state index contributed by atoms with van der Waals surface area (Å²) in [6.07, 6.45) is 4.63. The third-order valence-electron chi connectivity index (χ3n) is 2.25. The van der Waals surface area contributed by atoms with Crippen molar-refractivity contribution in [1.29, 1.82) is 0 Å². The molecule has 0 fully saturated rings. The van der Waals surface area contributed by atoms with Crippen LogP contribution in [0.15, 0.2) is 30.1 Å². The highest BCUT2D eigenvalue weighted by Crippen LogP contribution is 2.18. The van der Waals surface area contributed by atoms with Crippen LogP contribution in [0.2, 0.25) is 0 Å². The Bertz CT molecular complexity index is 288. The summed E-state index contributed by atoms with van der Waals surface area (Å²) in [5, 5.41) is 0. The molecule has 1 aromatic heterocycles. The average molecular weight is 176 g/mol. The molecule has 0 aliphatic rings. The maximum Gasteiger partial charge on any atom is 0.0342 e. The van der Waals surface area contributed by atoms with E-state index in [0.717, 1.165) is 6.42 Å². The Kier molecular flexibility index (Phi) is 3.65. The highest BCUT2D eigenvalue weighted by molar-refractivity contribution is 5.65. The van der Waals surface area contributed by atoms with Crippen LogP contribution in [0.3, 0.4) is 0 Å². The molecule has 1 heterocycles. The lowest BCUT2D eigenvalue weighted by Gasteiger charge is -2.05. The number of rotatable bonds is 3. The van der Waals surface area contributed by atoms with Gasteiger partial charge in [-0.3, -0.25) is 4.98 Å². The van der Waals surface area contributed by atoms with Crippen molar-refractivity contribution in [3.05, 3.63) is 35.7 Å². The van der Waals surface area contributed by atoms with Crippen LogP contribution in [0.4, 0.5) is 0 Å². The molecule has 0 spiro atoms. The van der Waals surface area contributed by atoms with Crippen LogP contribution in [-0.2, 0) is 0 Å². The van der Waals surface area contributed by atoms with Gasteiger partial charge in [0.05, 0.1) is 0 Å². The molecule has 1 aromatic rings. The van der Waals surface area contributed by atoms with Crippen molar-refractivity contribution in [1.82, 2.24) is 4.98 Å². The van der Waals surface area contributed by atoms with E-state index in [1.54, 1.807) is 6.20 Å². The van der Waals surface area contributed by atoms with E-state index >= 15 is 0 Å². The molecule has 0 saturated carbocycles. The van der Waals surface area contributed by atoms with Crippen molar-refractivity contribution in [3.8, 4) is 0 Å². The third-order valence-corrected chi connectivity index (χ3v) is 2.25. The molecule has 13 heavy (non-hydrogen) atoms. The Morgan fingerprint density at radius 3 is 2.77 bits per heavy atom. The average Bonchev–Trinajstić information content (AvgIpc) is 2.18. The number of allylic oxidation sites excluding steroid dienone is 1. The topological polar surface area (TPSA) is 38.9 Å². The third kappa shape index (κ3) is 2.67. The van der Waals surface area contributed by atoms with Crippen LogP contribution < -0.4 is 5.73 Å². The second kappa shape index (κ2) is 4.77. The van der Waals surface area contributed by atoms with E-state index in [2.05, 4.69) is 24.9 Å². The molecule has 2 N–H and O–H groups in total. The summed E-state index contributed by atoms with van der Waals surface area (Å²) in [4.78, 5) is 4.08. The lowest BCUT2D eigenvalue weighted by atomic mass is 10.0. The molecular weight excluding hydrogens is 160 g/mol. The number of pyridine rings is 1. The van der Waals surface area contributed by atoms with Gasteiger partial charge in [-0.2, -0.15) is 0 Å². The van der Waals surface area contributed by atoms with Gasteiger partial charge in [0.1, 0.15) is 0 Å². The molecule has 2 nitrogen and oxygen atoms in total. The quantitative estimate of drug-likeness (QED) is 0.767. The fourth-order valence-corrected chi connectivity index (χ4v) is 1.23. The summed E-state index contributed by atoms with van der Waals surface area (Å²) in [5.41, 5.74) is 9.32. The van der Waals surface area contributed by atoms with Crippen LogP contribution in [0.1, 0.15) is 25.8 Å². The van der Waals surface area contributed by atoms with E-state index in [4.69, 9.17) is 5.73 Å². The standard InChI is InChI=1S/C11H16N2/c1-9(5-6-12)10(2)11-4-3-7-13-8-11/h3-4,7-8H,5-6,12H2,1-2H3. The normalized spacial score (nSPS) is 12.5. The Morgan fingerprint density at radius 2 is 2.23 bits per heavy atom. The van der Waals surface area contributed by atoms with E-state index in [9.17, 15) is 0 Å². The smallest absolute Gasteiger partial charge is 0.0342 e. The van der Waals surface area contributed by atoms with Gasteiger partial charge in [-0.15, -0.1) is 0 Å². The Balaban J connectivity index is 2.89. The molecule has 70 valence electrons. The summed E-state index contributed by atoms with van der Waals surface area (Å²) < 4.78 is 0. The van der Waals surface area contributed by atoms with Gasteiger partial charge in [-0.25, -0.2) is 0 Å². The monoisotopic (exact) mass is 176 g/mol. The molecule has 0 aliphatic carbocycles. The molecule has 2 heteroatoms. The van der Waals surface area contributed by atoms with Crippen LogP contribution in [-0.4, -0.2) is 11.5 Å². The molecule has 1 rings (SSSR count). The summed E-state index contributed by atoms with van der Waals surface area (Å²) in [6.45, 7) is 4.95. The van der Waals surface area contributed by atoms with E-state index in [0.29, 0.717) is 6.54 Å². The minimum Gasteiger partial charge on any atom is -0.330 e. The fraction of sp³-hybridized carbons (Fsp3) is 0.364. The molecular formula is C11H16N2.